The predicted molar refractivity (Wildman–Crippen MR) is 81.8 cm³/mol. The molecule has 0 aliphatic heterocycles. The zero-order chi connectivity index (χ0) is 16.4. The topological polar surface area (TPSA) is 42.0 Å². The molecule has 116 valence electrons. The van der Waals surface area contributed by atoms with Crippen LogP contribution < -0.4 is 5.32 Å². The Labute approximate surface area is 133 Å². The van der Waals surface area contributed by atoms with Gasteiger partial charge in [0.05, 0.1) is 11.3 Å². The quantitative estimate of drug-likeness (QED) is 0.767. The van der Waals surface area contributed by atoms with Crippen LogP contribution in [0, 0.1) is 17.5 Å². The predicted octanol–water partition coefficient (Wildman–Crippen LogP) is 4.48. The van der Waals surface area contributed by atoms with Gasteiger partial charge in [-0.15, -0.1) is 11.3 Å². The summed E-state index contributed by atoms with van der Waals surface area (Å²) in [6.45, 7) is 0. The molecule has 2 aromatic carbocycles. The summed E-state index contributed by atoms with van der Waals surface area (Å²) in [7, 11) is 0. The van der Waals surface area contributed by atoms with Crippen LogP contribution in [-0.2, 0) is 0 Å². The van der Waals surface area contributed by atoms with Crippen molar-refractivity contribution in [2.45, 2.75) is 0 Å². The molecule has 0 aliphatic carbocycles. The number of nitrogens with zero attached hydrogens (tertiary/aromatic N) is 1. The van der Waals surface area contributed by atoms with E-state index < -0.39 is 23.4 Å². The molecule has 23 heavy (non-hydrogen) atoms. The molecule has 0 saturated heterocycles. The number of thiazole rings is 1. The van der Waals surface area contributed by atoms with E-state index in [0.29, 0.717) is 0 Å². The average Bonchev–Trinajstić information content (AvgIpc) is 2.95. The highest BCUT2D eigenvalue weighted by atomic mass is 32.1. The Bertz CT molecular complexity index is 879. The van der Waals surface area contributed by atoms with Crippen molar-refractivity contribution < 1.29 is 18.0 Å². The molecule has 1 aromatic heterocycles. The lowest BCUT2D eigenvalue weighted by Crippen LogP contribution is -2.13. The maximum atomic E-state index is 13.7. The van der Waals surface area contributed by atoms with Gasteiger partial charge in [-0.3, -0.25) is 10.1 Å². The molecule has 0 saturated carbocycles. The highest BCUT2D eigenvalue weighted by Gasteiger charge is 2.15. The highest BCUT2D eigenvalue weighted by molar-refractivity contribution is 7.14. The average molecular weight is 334 g/mol. The standard InChI is InChI=1S/C16H9F3N2OS/c17-9-5-6-10(13(19)7-9)14-8-23-16(20-14)21-15(22)11-3-1-2-4-12(11)18/h1-8H,(H,20,21,22). The largest absolute Gasteiger partial charge is 0.298 e. The number of carbonyl (C=O) groups is 1. The molecule has 7 heteroatoms. The summed E-state index contributed by atoms with van der Waals surface area (Å²) in [5.74, 6) is -2.73. The van der Waals surface area contributed by atoms with E-state index in [0.717, 1.165) is 23.5 Å². The Morgan fingerprint density at radius 1 is 1.04 bits per heavy atom. The molecular weight excluding hydrogens is 325 g/mol. The number of nitrogens with one attached hydrogen (secondary N) is 1. The lowest BCUT2D eigenvalue weighted by atomic mass is 10.1. The summed E-state index contributed by atoms with van der Waals surface area (Å²) in [5, 5.41) is 4.16. The number of hydrogen-bond donors (Lipinski definition) is 1. The molecule has 0 atom stereocenters. The second kappa shape index (κ2) is 6.21. The van der Waals surface area contributed by atoms with Gasteiger partial charge in [0.2, 0.25) is 0 Å². The molecule has 0 spiro atoms. The molecule has 1 N–H and O–H groups in total. The Kier molecular flexibility index (Phi) is 4.12. The van der Waals surface area contributed by atoms with Crippen molar-refractivity contribution in [1.82, 2.24) is 4.98 Å². The van der Waals surface area contributed by atoms with E-state index >= 15 is 0 Å². The minimum absolute atomic E-state index is 0.114. The van der Waals surface area contributed by atoms with Crippen LogP contribution in [0.4, 0.5) is 18.3 Å². The van der Waals surface area contributed by atoms with Gasteiger partial charge in [-0.25, -0.2) is 18.2 Å². The van der Waals surface area contributed by atoms with Crippen LogP contribution in [-0.4, -0.2) is 10.9 Å². The summed E-state index contributed by atoms with van der Waals surface area (Å²) >= 11 is 1.06. The van der Waals surface area contributed by atoms with Crippen LogP contribution in [0.5, 0.6) is 0 Å². The monoisotopic (exact) mass is 334 g/mol. The second-order valence-electron chi connectivity index (χ2n) is 4.60. The molecule has 3 aromatic rings. The number of rotatable bonds is 3. The first-order valence-corrected chi connectivity index (χ1v) is 7.39. The molecular formula is C16H9F3N2OS. The normalized spacial score (nSPS) is 10.6. The number of halogens is 3. The van der Waals surface area contributed by atoms with Crippen LogP contribution in [0.15, 0.2) is 47.8 Å². The van der Waals surface area contributed by atoms with Crippen LogP contribution in [0.1, 0.15) is 10.4 Å². The van der Waals surface area contributed by atoms with Crippen molar-refractivity contribution in [1.29, 1.82) is 0 Å². The maximum Gasteiger partial charge on any atom is 0.260 e. The van der Waals surface area contributed by atoms with Crippen molar-refractivity contribution >= 4 is 22.4 Å². The minimum Gasteiger partial charge on any atom is -0.298 e. The van der Waals surface area contributed by atoms with Gasteiger partial charge in [0.1, 0.15) is 17.5 Å². The molecule has 3 rings (SSSR count). The van der Waals surface area contributed by atoms with E-state index in [1.54, 1.807) is 6.07 Å². The Morgan fingerprint density at radius 3 is 2.57 bits per heavy atom. The molecule has 1 heterocycles. The number of amides is 1. The summed E-state index contributed by atoms with van der Waals surface area (Å²) in [5.41, 5.74) is 0.266. The fourth-order valence-corrected chi connectivity index (χ4v) is 2.67. The number of carbonyl (C=O) groups excluding carboxylic acids is 1. The summed E-state index contributed by atoms with van der Waals surface area (Å²) in [6, 6.07) is 8.68. The van der Waals surface area contributed by atoms with Crippen molar-refractivity contribution in [3.05, 3.63) is 70.9 Å². The van der Waals surface area contributed by atoms with Crippen molar-refractivity contribution in [3.8, 4) is 11.3 Å². The molecule has 3 nitrogen and oxygen atoms in total. The van der Waals surface area contributed by atoms with E-state index in [1.807, 2.05) is 0 Å². The first-order valence-electron chi connectivity index (χ1n) is 6.51. The van der Waals surface area contributed by atoms with E-state index in [-0.39, 0.29) is 22.0 Å². The van der Waals surface area contributed by atoms with Gasteiger partial charge in [0.25, 0.3) is 5.91 Å². The molecule has 0 unspecified atom stereocenters. The maximum absolute atomic E-state index is 13.7. The molecule has 0 fully saturated rings. The molecule has 0 radical (unpaired) electrons. The molecule has 1 amide bonds. The number of hydrogen-bond acceptors (Lipinski definition) is 3. The summed E-state index contributed by atoms with van der Waals surface area (Å²) < 4.78 is 40.2. The van der Waals surface area contributed by atoms with E-state index in [9.17, 15) is 18.0 Å². The van der Waals surface area contributed by atoms with Crippen molar-refractivity contribution in [2.24, 2.45) is 0 Å². The van der Waals surface area contributed by atoms with E-state index in [1.165, 1.54) is 29.6 Å². The fraction of sp³-hybridized carbons (Fsp3) is 0. The van der Waals surface area contributed by atoms with Gasteiger partial charge in [-0.2, -0.15) is 0 Å². The van der Waals surface area contributed by atoms with Crippen LogP contribution in [0.3, 0.4) is 0 Å². The summed E-state index contributed by atoms with van der Waals surface area (Å²) in [6.07, 6.45) is 0. The first kappa shape index (κ1) is 15.2. The lowest BCUT2D eigenvalue weighted by molar-refractivity contribution is 0.102. The Balaban J connectivity index is 1.82. The van der Waals surface area contributed by atoms with Gasteiger partial charge in [0, 0.05) is 17.0 Å². The van der Waals surface area contributed by atoms with E-state index in [4.69, 9.17) is 0 Å². The number of anilines is 1. The van der Waals surface area contributed by atoms with Crippen molar-refractivity contribution in [2.75, 3.05) is 5.32 Å². The third-order valence-electron chi connectivity index (χ3n) is 3.05. The highest BCUT2D eigenvalue weighted by Crippen LogP contribution is 2.27. The minimum atomic E-state index is -0.748. The van der Waals surface area contributed by atoms with Gasteiger partial charge in [0.15, 0.2) is 5.13 Å². The molecule has 0 bridgehead atoms. The van der Waals surface area contributed by atoms with E-state index in [2.05, 4.69) is 10.3 Å². The second-order valence-corrected chi connectivity index (χ2v) is 5.45. The third-order valence-corrected chi connectivity index (χ3v) is 3.81. The zero-order valence-corrected chi connectivity index (χ0v) is 12.3. The van der Waals surface area contributed by atoms with Gasteiger partial charge >= 0.3 is 0 Å². The third kappa shape index (κ3) is 3.24. The van der Waals surface area contributed by atoms with Crippen molar-refractivity contribution in [3.63, 3.8) is 0 Å². The van der Waals surface area contributed by atoms with Gasteiger partial charge < -0.3 is 0 Å². The number of aromatic nitrogens is 1. The Morgan fingerprint density at radius 2 is 1.83 bits per heavy atom. The number of benzene rings is 2. The first-order chi connectivity index (χ1) is 11.0. The van der Waals surface area contributed by atoms with Crippen LogP contribution in [0.2, 0.25) is 0 Å². The van der Waals surface area contributed by atoms with Crippen LogP contribution >= 0.6 is 11.3 Å². The van der Waals surface area contributed by atoms with Crippen LogP contribution in [0.25, 0.3) is 11.3 Å². The zero-order valence-electron chi connectivity index (χ0n) is 11.5. The van der Waals surface area contributed by atoms with Gasteiger partial charge in [-0.05, 0) is 24.3 Å². The molecule has 0 aliphatic rings. The van der Waals surface area contributed by atoms with Gasteiger partial charge in [-0.1, -0.05) is 12.1 Å². The lowest BCUT2D eigenvalue weighted by Gasteiger charge is -2.02. The SMILES string of the molecule is O=C(Nc1nc(-c2ccc(F)cc2F)cs1)c1ccccc1F. The smallest absolute Gasteiger partial charge is 0.260 e. The fourth-order valence-electron chi connectivity index (χ4n) is 1.96. The Hall–Kier alpha value is -2.67. The summed E-state index contributed by atoms with van der Waals surface area (Å²) in [4.78, 5) is 16.1.